The van der Waals surface area contributed by atoms with Crippen molar-refractivity contribution in [2.75, 3.05) is 13.7 Å². The number of hydrogen-bond donors (Lipinski definition) is 0. The smallest absolute Gasteiger partial charge is 0.184 e. The number of Topliss-reactive ketones (excluding diaryl/α,β-unsaturated/α-hetero) is 1. The third kappa shape index (κ3) is 2.83. The summed E-state index contributed by atoms with van der Waals surface area (Å²) in [7, 11) is 1.45. The lowest BCUT2D eigenvalue weighted by Gasteiger charge is -2.43. The molecule has 0 radical (unpaired) electrons. The van der Waals surface area contributed by atoms with Gasteiger partial charge in [-0.25, -0.2) is 0 Å². The van der Waals surface area contributed by atoms with Crippen LogP contribution in [0.2, 0.25) is 0 Å². The number of carbonyl (C=O) groups excluding carboxylic acids is 2. The lowest BCUT2D eigenvalue weighted by Crippen LogP contribution is -2.57. The average Bonchev–Trinajstić information content (AvgIpc) is 2.58. The van der Waals surface area contributed by atoms with Crippen LogP contribution in [0.1, 0.15) is 18.3 Å². The van der Waals surface area contributed by atoms with Gasteiger partial charge in [-0.15, -0.1) is 0 Å². The molecule has 6 nitrogen and oxygen atoms in total. The first-order valence-electron chi connectivity index (χ1n) is 7.22. The first-order chi connectivity index (χ1) is 10.7. The molecule has 1 aromatic rings. The highest BCUT2D eigenvalue weighted by Gasteiger charge is 2.49. The highest BCUT2D eigenvalue weighted by molar-refractivity contribution is 5.88. The Morgan fingerprint density at radius 2 is 2.05 bits per heavy atom. The Labute approximate surface area is 128 Å². The van der Waals surface area contributed by atoms with Gasteiger partial charge in [0, 0.05) is 19.1 Å². The van der Waals surface area contributed by atoms with Crippen molar-refractivity contribution in [3.05, 3.63) is 35.9 Å². The Morgan fingerprint density at radius 1 is 1.27 bits per heavy atom. The molecule has 2 aliphatic heterocycles. The van der Waals surface area contributed by atoms with E-state index in [1.54, 1.807) is 0 Å². The van der Waals surface area contributed by atoms with Crippen molar-refractivity contribution in [3.63, 3.8) is 0 Å². The largest absolute Gasteiger partial charge is 0.355 e. The van der Waals surface area contributed by atoms with E-state index in [1.807, 2.05) is 30.3 Å². The molecule has 2 saturated heterocycles. The van der Waals surface area contributed by atoms with Crippen LogP contribution >= 0.6 is 0 Å². The van der Waals surface area contributed by atoms with Crippen molar-refractivity contribution in [1.82, 2.24) is 0 Å². The molecule has 0 N–H and O–H groups in total. The minimum Gasteiger partial charge on any atom is -0.355 e. The van der Waals surface area contributed by atoms with Crippen LogP contribution in [0.4, 0.5) is 0 Å². The van der Waals surface area contributed by atoms with Gasteiger partial charge in [0.2, 0.25) is 0 Å². The molecule has 6 heteroatoms. The topological polar surface area (TPSA) is 71.1 Å². The molecule has 0 saturated carbocycles. The number of carbonyl (C=O) groups is 2. The van der Waals surface area contributed by atoms with E-state index < -0.39 is 30.7 Å². The van der Waals surface area contributed by atoms with E-state index in [0.717, 1.165) is 5.56 Å². The number of rotatable bonds is 4. The summed E-state index contributed by atoms with van der Waals surface area (Å²) < 4.78 is 22.3. The van der Waals surface area contributed by atoms with Crippen molar-refractivity contribution in [2.24, 2.45) is 5.92 Å². The average molecular weight is 306 g/mol. The van der Waals surface area contributed by atoms with Crippen LogP contribution in [0, 0.1) is 5.92 Å². The zero-order valence-electron chi connectivity index (χ0n) is 12.2. The van der Waals surface area contributed by atoms with E-state index in [-0.39, 0.29) is 18.8 Å². The van der Waals surface area contributed by atoms with E-state index in [1.165, 1.54) is 7.11 Å². The fraction of sp³-hybridized carbons (Fsp3) is 0.500. The molecule has 118 valence electrons. The van der Waals surface area contributed by atoms with Crippen molar-refractivity contribution in [1.29, 1.82) is 0 Å². The molecule has 2 fully saturated rings. The van der Waals surface area contributed by atoms with Crippen molar-refractivity contribution < 1.29 is 28.5 Å². The van der Waals surface area contributed by atoms with Crippen LogP contribution in [-0.4, -0.2) is 44.3 Å². The Hall–Kier alpha value is -1.60. The Kier molecular flexibility index (Phi) is 4.63. The third-order valence-electron chi connectivity index (χ3n) is 3.96. The van der Waals surface area contributed by atoms with E-state index in [0.29, 0.717) is 6.29 Å². The summed E-state index contributed by atoms with van der Waals surface area (Å²) in [5.74, 6) is -0.808. The molecule has 0 aliphatic carbocycles. The second kappa shape index (κ2) is 6.66. The monoisotopic (exact) mass is 306 g/mol. The number of ether oxygens (including phenoxy) is 4. The van der Waals surface area contributed by atoms with Crippen LogP contribution in [0.5, 0.6) is 0 Å². The van der Waals surface area contributed by atoms with Gasteiger partial charge in [0.15, 0.2) is 18.4 Å². The van der Waals surface area contributed by atoms with Gasteiger partial charge >= 0.3 is 0 Å². The second-order valence-corrected chi connectivity index (χ2v) is 5.32. The van der Waals surface area contributed by atoms with Gasteiger partial charge in [0.25, 0.3) is 0 Å². The van der Waals surface area contributed by atoms with Gasteiger partial charge < -0.3 is 23.7 Å². The van der Waals surface area contributed by atoms with Crippen molar-refractivity contribution in [2.45, 2.75) is 31.2 Å². The highest BCUT2D eigenvalue weighted by Crippen LogP contribution is 2.35. The molecular formula is C16H18O6. The zero-order valence-corrected chi connectivity index (χ0v) is 12.2. The first-order valence-corrected chi connectivity index (χ1v) is 7.22. The minimum atomic E-state index is -0.740. The molecular weight excluding hydrogens is 288 g/mol. The molecule has 22 heavy (non-hydrogen) atoms. The molecule has 0 spiro atoms. The summed E-state index contributed by atoms with van der Waals surface area (Å²) in [5.41, 5.74) is 0.842. The summed E-state index contributed by atoms with van der Waals surface area (Å²) in [6, 6.07) is 9.40. The predicted molar refractivity (Wildman–Crippen MR) is 74.9 cm³/mol. The van der Waals surface area contributed by atoms with Gasteiger partial charge in [-0.1, -0.05) is 30.3 Å². The maximum Gasteiger partial charge on any atom is 0.184 e. The van der Waals surface area contributed by atoms with Gasteiger partial charge in [-0.2, -0.15) is 0 Å². The Morgan fingerprint density at radius 3 is 2.73 bits per heavy atom. The molecule has 5 atom stereocenters. The number of hydrogen-bond acceptors (Lipinski definition) is 6. The van der Waals surface area contributed by atoms with Crippen LogP contribution < -0.4 is 0 Å². The lowest BCUT2D eigenvalue weighted by molar-refractivity contribution is -0.308. The fourth-order valence-corrected chi connectivity index (χ4v) is 2.84. The second-order valence-electron chi connectivity index (χ2n) is 5.32. The number of methoxy groups -OCH3 is 1. The van der Waals surface area contributed by atoms with Crippen LogP contribution in [-0.2, 0) is 28.5 Å². The molecule has 0 unspecified atom stereocenters. The summed E-state index contributed by atoms with van der Waals surface area (Å²) in [6.45, 7) is 0.240. The molecule has 0 amide bonds. The van der Waals surface area contributed by atoms with Crippen molar-refractivity contribution >= 4 is 12.1 Å². The maximum atomic E-state index is 12.6. The Balaban J connectivity index is 1.77. The molecule has 0 aromatic heterocycles. The first kappa shape index (κ1) is 15.3. The van der Waals surface area contributed by atoms with Crippen molar-refractivity contribution in [3.8, 4) is 0 Å². The van der Waals surface area contributed by atoms with Crippen LogP contribution in [0.3, 0.4) is 0 Å². The van der Waals surface area contributed by atoms with Gasteiger partial charge in [0.1, 0.15) is 18.5 Å². The van der Waals surface area contributed by atoms with Gasteiger partial charge in [0.05, 0.1) is 12.5 Å². The lowest BCUT2D eigenvalue weighted by atomic mass is 9.90. The summed E-state index contributed by atoms with van der Waals surface area (Å²) in [6.07, 6.45) is -1.84. The highest BCUT2D eigenvalue weighted by atomic mass is 16.7. The normalized spacial score (nSPS) is 35.0. The zero-order chi connectivity index (χ0) is 15.5. The molecule has 1 aromatic carbocycles. The van der Waals surface area contributed by atoms with Crippen LogP contribution in [0.15, 0.2) is 30.3 Å². The number of aldehydes is 1. The SMILES string of the molecule is CO[C@H]1O[C@@H]2CO[C@@H](c3ccccc3)O[C@H]2C(=O)[C@H]1CC=O. The third-order valence-corrected chi connectivity index (χ3v) is 3.96. The predicted octanol–water partition coefficient (Wildman–Crippen LogP) is 1.25. The standard InChI is InChI=1S/C16H18O6/c1-19-16-11(7-8-17)13(18)14-12(21-16)9-20-15(22-14)10-5-3-2-4-6-10/h2-6,8,11-12,14-16H,7,9H2,1H3/t11-,12-,14-,15-,16+/m1/s1. The maximum absolute atomic E-state index is 12.6. The molecule has 0 bridgehead atoms. The minimum absolute atomic E-state index is 0.0563. The number of fused-ring (bicyclic) bond motifs is 1. The van der Waals surface area contributed by atoms with Crippen LogP contribution in [0.25, 0.3) is 0 Å². The Bertz CT molecular complexity index is 531. The fourth-order valence-electron chi connectivity index (χ4n) is 2.84. The summed E-state index contributed by atoms with van der Waals surface area (Å²) in [5, 5.41) is 0. The van der Waals surface area contributed by atoms with E-state index in [2.05, 4.69) is 0 Å². The van der Waals surface area contributed by atoms with E-state index in [9.17, 15) is 9.59 Å². The van der Waals surface area contributed by atoms with E-state index >= 15 is 0 Å². The summed E-state index contributed by atoms with van der Waals surface area (Å²) in [4.78, 5) is 23.4. The van der Waals surface area contributed by atoms with Gasteiger partial charge in [-0.05, 0) is 0 Å². The number of benzene rings is 1. The summed E-state index contributed by atoms with van der Waals surface area (Å²) >= 11 is 0. The number of ketones is 1. The quantitative estimate of drug-likeness (QED) is 0.780. The van der Waals surface area contributed by atoms with E-state index in [4.69, 9.17) is 18.9 Å². The molecule has 3 rings (SSSR count). The molecule has 2 heterocycles. The van der Waals surface area contributed by atoms with Gasteiger partial charge in [-0.3, -0.25) is 4.79 Å². The molecule has 2 aliphatic rings.